The number of ether oxygens (including phenoxy) is 1. The Hall–Kier alpha value is -4.12. The van der Waals surface area contributed by atoms with Crippen molar-refractivity contribution in [1.29, 1.82) is 0 Å². The Morgan fingerprint density at radius 3 is 2.56 bits per heavy atom. The van der Waals surface area contributed by atoms with Gasteiger partial charge in [0.15, 0.2) is 10.8 Å². The first kappa shape index (κ1) is 37.1. The van der Waals surface area contributed by atoms with Crippen LogP contribution in [-0.4, -0.2) is 81.6 Å². The molecule has 1 aliphatic carbocycles. The van der Waals surface area contributed by atoms with E-state index in [2.05, 4.69) is 20.4 Å². The van der Waals surface area contributed by atoms with Gasteiger partial charge in [-0.1, -0.05) is 30.5 Å². The Morgan fingerprint density at radius 1 is 1.10 bits per heavy atom. The summed E-state index contributed by atoms with van der Waals surface area (Å²) in [7, 11) is -4.38. The first-order valence-corrected chi connectivity index (χ1v) is 18.1. The number of carbonyl (C=O) groups excluding carboxylic acids is 1. The van der Waals surface area contributed by atoms with Gasteiger partial charge in [0.25, 0.3) is 15.9 Å². The molecule has 50 heavy (non-hydrogen) atoms. The fourth-order valence-corrected chi connectivity index (χ4v) is 7.45. The molecule has 2 aliphatic rings. The van der Waals surface area contributed by atoms with Crippen molar-refractivity contribution in [2.45, 2.75) is 75.5 Å². The van der Waals surface area contributed by atoms with E-state index in [0.29, 0.717) is 24.8 Å². The zero-order valence-corrected chi connectivity index (χ0v) is 29.1. The first-order valence-electron chi connectivity index (χ1n) is 16.2. The molecule has 1 saturated heterocycles. The Kier molecular flexibility index (Phi) is 11.1. The van der Waals surface area contributed by atoms with Crippen LogP contribution in [0, 0.1) is 17.8 Å². The average Bonchev–Trinajstić information content (AvgIpc) is 3.56. The predicted molar refractivity (Wildman–Crippen MR) is 177 cm³/mol. The number of unbranched alkanes of at least 4 members (excludes halogenated alkanes) is 2. The molecule has 0 radical (unpaired) electrons. The fourth-order valence-electron chi connectivity index (χ4n) is 6.28. The number of halogens is 4. The maximum absolute atomic E-state index is 13.0. The first-order chi connectivity index (χ1) is 23.5. The minimum atomic E-state index is -4.38. The smallest absolute Gasteiger partial charge is 0.407 e. The number of pyridine rings is 2. The molecule has 18 heteroatoms. The standard InChI is InChI=1S/C32H39ClF3N7O6S/c1-31(2)18-20(19-42(31)30(45)46)7-4-3-5-14-37-24-8-6-9-27(38-24)50(47,48)41-29(44)22-10-11-25(39-28(22)33)43-15-12-26(40-43)49-16-13-21-17-23(21)32(34,35)36/h6,8-12,15,20-21,23H,3-5,7,13-14,16-19H2,1-2H3,(H,37,38)(H,41,44)(H,45,46). The van der Waals surface area contributed by atoms with Gasteiger partial charge in [-0.25, -0.2) is 24.2 Å². The summed E-state index contributed by atoms with van der Waals surface area (Å²) < 4.78 is 72.9. The molecular formula is C32H39ClF3N7O6S. The lowest BCUT2D eigenvalue weighted by atomic mass is 9.93. The Balaban J connectivity index is 1.07. The third kappa shape index (κ3) is 9.35. The summed E-state index contributed by atoms with van der Waals surface area (Å²) in [4.78, 5) is 34.1. The molecule has 1 saturated carbocycles. The number of carbonyl (C=O) groups is 2. The van der Waals surface area contributed by atoms with E-state index in [0.717, 1.165) is 32.1 Å². The monoisotopic (exact) mass is 741 g/mol. The largest absolute Gasteiger partial charge is 0.477 e. The molecule has 0 bridgehead atoms. The van der Waals surface area contributed by atoms with Crippen molar-refractivity contribution in [3.63, 3.8) is 0 Å². The lowest BCUT2D eigenvalue weighted by molar-refractivity contribution is -0.151. The number of hydrogen-bond acceptors (Lipinski definition) is 9. The van der Waals surface area contributed by atoms with E-state index in [9.17, 15) is 36.3 Å². The number of aromatic nitrogens is 4. The second-order valence-corrected chi connectivity index (χ2v) is 15.2. The minimum Gasteiger partial charge on any atom is -0.477 e. The number of amides is 2. The molecule has 0 spiro atoms. The van der Waals surface area contributed by atoms with Gasteiger partial charge in [0, 0.05) is 30.9 Å². The van der Waals surface area contributed by atoms with Crippen LogP contribution in [0.2, 0.25) is 5.15 Å². The van der Waals surface area contributed by atoms with Crippen molar-refractivity contribution in [2.75, 3.05) is 25.0 Å². The van der Waals surface area contributed by atoms with Gasteiger partial charge in [0.2, 0.25) is 5.88 Å². The zero-order valence-electron chi connectivity index (χ0n) is 27.5. The van der Waals surface area contributed by atoms with Crippen LogP contribution in [0.1, 0.15) is 69.2 Å². The maximum Gasteiger partial charge on any atom is 0.407 e. The van der Waals surface area contributed by atoms with E-state index >= 15 is 0 Å². The summed E-state index contributed by atoms with van der Waals surface area (Å²) in [6.07, 6.45) is 1.19. The number of carboxylic acid groups (broad SMARTS) is 1. The molecule has 3 unspecified atom stereocenters. The number of hydrogen-bond donors (Lipinski definition) is 3. The number of anilines is 1. The molecule has 3 aromatic heterocycles. The Morgan fingerprint density at radius 2 is 1.88 bits per heavy atom. The van der Waals surface area contributed by atoms with E-state index in [4.69, 9.17) is 16.3 Å². The number of nitrogens with zero attached hydrogens (tertiary/aromatic N) is 5. The van der Waals surface area contributed by atoms with Crippen molar-refractivity contribution >= 4 is 39.4 Å². The molecule has 3 atom stereocenters. The summed E-state index contributed by atoms with van der Waals surface area (Å²) in [6.45, 7) is 5.05. The summed E-state index contributed by atoms with van der Waals surface area (Å²) in [5.41, 5.74) is -0.570. The average molecular weight is 742 g/mol. The van der Waals surface area contributed by atoms with E-state index in [1.165, 1.54) is 46.1 Å². The normalized spacial score (nSPS) is 20.0. The van der Waals surface area contributed by atoms with Crippen molar-refractivity contribution in [3.05, 3.63) is 53.3 Å². The van der Waals surface area contributed by atoms with Crippen LogP contribution in [0.5, 0.6) is 5.88 Å². The second-order valence-electron chi connectivity index (χ2n) is 13.2. The van der Waals surface area contributed by atoms with Gasteiger partial charge in [-0.15, -0.1) is 5.10 Å². The molecule has 1 aliphatic heterocycles. The molecule has 2 fully saturated rings. The molecule has 13 nitrogen and oxygen atoms in total. The number of likely N-dealkylation sites (tertiary alicyclic amines) is 1. The highest BCUT2D eigenvalue weighted by Gasteiger charge is 2.55. The summed E-state index contributed by atoms with van der Waals surface area (Å²) >= 11 is 6.24. The van der Waals surface area contributed by atoms with E-state index in [-0.39, 0.29) is 52.4 Å². The van der Waals surface area contributed by atoms with Crippen molar-refractivity contribution in [3.8, 4) is 11.7 Å². The third-order valence-corrected chi connectivity index (χ3v) is 10.5. The van der Waals surface area contributed by atoms with Gasteiger partial charge in [0.05, 0.1) is 18.1 Å². The van der Waals surface area contributed by atoms with Crippen molar-refractivity contribution in [1.82, 2.24) is 29.4 Å². The topological polar surface area (TPSA) is 169 Å². The number of nitrogens with one attached hydrogen (secondary N) is 2. The fraction of sp³-hybridized carbons (Fsp3) is 0.531. The summed E-state index contributed by atoms with van der Waals surface area (Å²) in [5.74, 6) is -1.74. The van der Waals surface area contributed by atoms with Gasteiger partial charge in [-0.05, 0) is 82.1 Å². The van der Waals surface area contributed by atoms with E-state index in [1.54, 1.807) is 6.07 Å². The SMILES string of the molecule is CC1(C)CC(CCCCCNc2cccc(S(=O)(=O)NC(=O)c3ccc(-n4ccc(OCCC5CC5C(F)(F)F)n4)nc3Cl)n2)CN1C(=O)O. The van der Waals surface area contributed by atoms with Crippen LogP contribution >= 0.6 is 11.6 Å². The molecule has 272 valence electrons. The second kappa shape index (κ2) is 15.0. The van der Waals surface area contributed by atoms with Crippen molar-refractivity contribution in [2.24, 2.45) is 17.8 Å². The maximum atomic E-state index is 13.0. The molecular weight excluding hydrogens is 703 g/mol. The quantitative estimate of drug-likeness (QED) is 0.121. The number of sulfonamides is 1. The van der Waals surface area contributed by atoms with Crippen LogP contribution in [0.3, 0.4) is 0 Å². The molecule has 0 aromatic carbocycles. The highest BCUT2D eigenvalue weighted by molar-refractivity contribution is 7.90. The summed E-state index contributed by atoms with van der Waals surface area (Å²) in [6, 6.07) is 8.55. The lowest BCUT2D eigenvalue weighted by Gasteiger charge is -2.28. The molecule has 3 N–H and O–H groups in total. The van der Waals surface area contributed by atoms with Crippen LogP contribution in [0.15, 0.2) is 47.6 Å². The van der Waals surface area contributed by atoms with Gasteiger partial charge in [-0.2, -0.15) is 21.6 Å². The molecule has 5 rings (SSSR count). The zero-order chi connectivity index (χ0) is 36.3. The van der Waals surface area contributed by atoms with Crippen LogP contribution in [0.4, 0.5) is 23.8 Å². The molecule has 2 amide bonds. The summed E-state index contributed by atoms with van der Waals surface area (Å²) in [5, 5.41) is 16.0. The van der Waals surface area contributed by atoms with Crippen LogP contribution < -0.4 is 14.8 Å². The highest BCUT2D eigenvalue weighted by atomic mass is 35.5. The Bertz CT molecular complexity index is 1810. The van der Waals surface area contributed by atoms with E-state index < -0.39 is 40.0 Å². The Labute approximate surface area is 292 Å². The van der Waals surface area contributed by atoms with Gasteiger partial charge < -0.3 is 20.1 Å². The molecule has 4 heterocycles. The minimum absolute atomic E-state index is 0.0704. The van der Waals surface area contributed by atoms with Gasteiger partial charge >= 0.3 is 12.3 Å². The number of alkyl halides is 3. The number of rotatable bonds is 15. The third-order valence-electron chi connectivity index (χ3n) is 8.97. The van der Waals surface area contributed by atoms with Gasteiger partial charge in [0.1, 0.15) is 11.0 Å². The lowest BCUT2D eigenvalue weighted by Crippen LogP contribution is -2.41. The van der Waals surface area contributed by atoms with E-state index in [1.807, 2.05) is 18.6 Å². The van der Waals surface area contributed by atoms with Crippen LogP contribution in [-0.2, 0) is 10.0 Å². The van der Waals surface area contributed by atoms with Crippen molar-refractivity contribution < 1.29 is 41.0 Å². The van der Waals surface area contributed by atoms with Gasteiger partial charge in [-0.3, -0.25) is 4.79 Å². The predicted octanol–water partition coefficient (Wildman–Crippen LogP) is 6.15. The highest BCUT2D eigenvalue weighted by Crippen LogP contribution is 2.51. The molecule has 3 aromatic rings. The van der Waals surface area contributed by atoms with Crippen LogP contribution in [0.25, 0.3) is 5.82 Å².